The highest BCUT2D eigenvalue weighted by Gasteiger charge is 2.15. The molecule has 0 saturated carbocycles. The number of phenolic OH excluding ortho intramolecular Hbond substituents is 1. The van der Waals surface area contributed by atoms with Crippen molar-refractivity contribution in [3.05, 3.63) is 38.3 Å². The smallest absolute Gasteiger partial charge is 0.210 e. The molecule has 0 fully saturated rings. The van der Waals surface area contributed by atoms with Crippen LogP contribution in [0.4, 0.5) is 0 Å². The monoisotopic (exact) mass is 259 g/mol. The molecule has 1 N–H and O–H groups in total. The normalized spacial score (nSPS) is 12.4. The van der Waals surface area contributed by atoms with Gasteiger partial charge >= 0.3 is 0 Å². The van der Waals surface area contributed by atoms with Crippen LogP contribution in [0.2, 0.25) is 0 Å². The molecular formula is C9H10BrNO3. The van der Waals surface area contributed by atoms with E-state index < -0.39 is 0 Å². The second-order valence-corrected chi connectivity index (χ2v) is 4.04. The molecule has 14 heavy (non-hydrogen) atoms. The summed E-state index contributed by atoms with van der Waals surface area (Å²) < 4.78 is 0.806. The number of nitrogens with zero attached hydrogens (tertiary/aromatic N) is 1. The maximum atomic E-state index is 10.3. The molecule has 1 aromatic carbocycles. The summed E-state index contributed by atoms with van der Waals surface area (Å²) in [5.41, 5.74) is 0.594. The second kappa shape index (κ2) is 4.41. The van der Waals surface area contributed by atoms with Crippen molar-refractivity contribution in [3.8, 4) is 5.75 Å². The highest BCUT2D eigenvalue weighted by atomic mass is 79.9. The summed E-state index contributed by atoms with van der Waals surface area (Å²) >= 11 is 3.25. The SMILES string of the molecule is C[C@H](C[N+](=O)[O-])c1cc(Br)ccc1O. The quantitative estimate of drug-likeness (QED) is 0.670. The minimum Gasteiger partial charge on any atom is -0.508 e. The Morgan fingerprint density at radius 1 is 1.64 bits per heavy atom. The van der Waals surface area contributed by atoms with Gasteiger partial charge < -0.3 is 5.11 Å². The fraction of sp³-hybridized carbons (Fsp3) is 0.333. The van der Waals surface area contributed by atoms with Gasteiger partial charge in [0.25, 0.3) is 0 Å². The van der Waals surface area contributed by atoms with Gasteiger partial charge in [-0.15, -0.1) is 0 Å². The van der Waals surface area contributed by atoms with E-state index in [0.29, 0.717) is 5.56 Å². The van der Waals surface area contributed by atoms with Crippen LogP contribution in [0.15, 0.2) is 22.7 Å². The summed E-state index contributed by atoms with van der Waals surface area (Å²) in [5, 5.41) is 19.8. The highest BCUT2D eigenvalue weighted by Crippen LogP contribution is 2.28. The van der Waals surface area contributed by atoms with Crippen molar-refractivity contribution >= 4 is 15.9 Å². The lowest BCUT2D eigenvalue weighted by atomic mass is 10.0. The van der Waals surface area contributed by atoms with Crippen LogP contribution in [0, 0.1) is 10.1 Å². The Morgan fingerprint density at radius 3 is 2.86 bits per heavy atom. The van der Waals surface area contributed by atoms with Crippen LogP contribution in [0.1, 0.15) is 18.4 Å². The molecule has 0 heterocycles. The summed E-state index contributed by atoms with van der Waals surface area (Å²) in [5.74, 6) is -0.190. The van der Waals surface area contributed by atoms with Crippen molar-refractivity contribution in [2.45, 2.75) is 12.8 Å². The van der Waals surface area contributed by atoms with Gasteiger partial charge in [0.1, 0.15) is 5.75 Å². The Morgan fingerprint density at radius 2 is 2.29 bits per heavy atom. The zero-order chi connectivity index (χ0) is 10.7. The minimum absolute atomic E-state index is 0.0996. The van der Waals surface area contributed by atoms with Gasteiger partial charge in [0.05, 0.1) is 0 Å². The van der Waals surface area contributed by atoms with Crippen LogP contribution in [0.3, 0.4) is 0 Å². The first kappa shape index (κ1) is 11.0. The van der Waals surface area contributed by atoms with E-state index in [4.69, 9.17) is 0 Å². The molecular weight excluding hydrogens is 250 g/mol. The zero-order valence-electron chi connectivity index (χ0n) is 7.61. The molecule has 0 radical (unpaired) electrons. The average molecular weight is 260 g/mol. The van der Waals surface area contributed by atoms with Crippen molar-refractivity contribution in [1.82, 2.24) is 0 Å². The third kappa shape index (κ3) is 2.70. The van der Waals surface area contributed by atoms with Crippen molar-refractivity contribution in [1.29, 1.82) is 0 Å². The second-order valence-electron chi connectivity index (χ2n) is 3.12. The van der Waals surface area contributed by atoms with Crippen LogP contribution in [0.5, 0.6) is 5.75 Å². The first-order chi connectivity index (χ1) is 6.50. The van der Waals surface area contributed by atoms with Crippen molar-refractivity contribution in [2.24, 2.45) is 0 Å². The van der Waals surface area contributed by atoms with Gasteiger partial charge in [0.15, 0.2) is 0 Å². The molecule has 1 rings (SSSR count). The maximum absolute atomic E-state index is 10.3. The Hall–Kier alpha value is -1.10. The molecule has 0 amide bonds. The summed E-state index contributed by atoms with van der Waals surface area (Å²) in [6.07, 6.45) is 0. The van der Waals surface area contributed by atoms with E-state index >= 15 is 0 Å². The van der Waals surface area contributed by atoms with Crippen LogP contribution in [0.25, 0.3) is 0 Å². The Bertz CT molecular complexity index is 354. The number of rotatable bonds is 3. The lowest BCUT2D eigenvalue weighted by Crippen LogP contribution is -2.09. The number of phenols is 1. The van der Waals surface area contributed by atoms with Crippen molar-refractivity contribution in [2.75, 3.05) is 6.54 Å². The maximum Gasteiger partial charge on any atom is 0.210 e. The fourth-order valence-electron chi connectivity index (χ4n) is 1.24. The topological polar surface area (TPSA) is 63.4 Å². The third-order valence-corrected chi connectivity index (χ3v) is 2.44. The van der Waals surface area contributed by atoms with Gasteiger partial charge in [-0.25, -0.2) is 0 Å². The third-order valence-electron chi connectivity index (χ3n) is 1.94. The Labute approximate surface area is 89.8 Å². The molecule has 1 aromatic rings. The lowest BCUT2D eigenvalue weighted by molar-refractivity contribution is -0.482. The van der Waals surface area contributed by atoms with Gasteiger partial charge in [0.2, 0.25) is 6.54 Å². The number of benzene rings is 1. The molecule has 76 valence electrons. The molecule has 0 aromatic heterocycles. The summed E-state index contributed by atoms with van der Waals surface area (Å²) in [7, 11) is 0. The molecule has 5 heteroatoms. The van der Waals surface area contributed by atoms with Crippen molar-refractivity contribution < 1.29 is 10.0 Å². The standard InChI is InChI=1S/C9H10BrNO3/c1-6(5-11(13)14)8-4-7(10)2-3-9(8)12/h2-4,6,12H,5H2,1H3/t6-/m1/s1. The van der Waals surface area contributed by atoms with E-state index in [1.54, 1.807) is 19.1 Å². The average Bonchev–Trinajstić information content (AvgIpc) is 2.08. The summed E-state index contributed by atoms with van der Waals surface area (Å²) in [6, 6.07) is 4.91. The number of hydrogen-bond acceptors (Lipinski definition) is 3. The molecule has 0 spiro atoms. The van der Waals surface area contributed by atoms with E-state index in [2.05, 4.69) is 15.9 Å². The number of nitro groups is 1. The number of aromatic hydroxyl groups is 1. The first-order valence-corrected chi connectivity index (χ1v) is 4.90. The summed E-state index contributed by atoms with van der Waals surface area (Å²) in [6.45, 7) is 1.54. The molecule has 1 atom stereocenters. The van der Waals surface area contributed by atoms with Crippen LogP contribution >= 0.6 is 15.9 Å². The molecule has 4 nitrogen and oxygen atoms in total. The van der Waals surface area contributed by atoms with Gasteiger partial charge in [-0.1, -0.05) is 22.9 Å². The van der Waals surface area contributed by atoms with Crippen molar-refractivity contribution in [3.63, 3.8) is 0 Å². The van der Waals surface area contributed by atoms with Gasteiger partial charge in [-0.3, -0.25) is 10.1 Å². The predicted octanol–water partition coefficient (Wildman–Crippen LogP) is 2.53. The number of hydrogen-bond donors (Lipinski definition) is 1. The van der Waals surface area contributed by atoms with E-state index in [-0.39, 0.29) is 23.1 Å². The molecule has 0 aliphatic heterocycles. The largest absolute Gasteiger partial charge is 0.508 e. The lowest BCUT2D eigenvalue weighted by Gasteiger charge is -2.09. The van der Waals surface area contributed by atoms with E-state index in [1.165, 1.54) is 6.07 Å². The van der Waals surface area contributed by atoms with Gasteiger partial charge in [-0.05, 0) is 18.2 Å². The van der Waals surface area contributed by atoms with Gasteiger partial charge in [-0.2, -0.15) is 0 Å². The minimum atomic E-state index is -0.384. The van der Waals surface area contributed by atoms with Gasteiger partial charge in [0, 0.05) is 20.9 Å². The molecule has 0 aliphatic rings. The Kier molecular flexibility index (Phi) is 3.46. The summed E-state index contributed by atoms with van der Waals surface area (Å²) in [4.78, 5) is 9.91. The first-order valence-electron chi connectivity index (χ1n) is 4.11. The van der Waals surface area contributed by atoms with E-state index in [1.807, 2.05) is 0 Å². The van der Waals surface area contributed by atoms with E-state index in [0.717, 1.165) is 4.47 Å². The van der Waals surface area contributed by atoms with Crippen LogP contribution in [-0.2, 0) is 0 Å². The fourth-order valence-corrected chi connectivity index (χ4v) is 1.62. The highest BCUT2D eigenvalue weighted by molar-refractivity contribution is 9.10. The molecule has 0 aliphatic carbocycles. The zero-order valence-corrected chi connectivity index (χ0v) is 9.19. The predicted molar refractivity (Wildman–Crippen MR) is 56.1 cm³/mol. The van der Waals surface area contributed by atoms with Crippen LogP contribution in [-0.4, -0.2) is 16.6 Å². The Balaban J connectivity index is 2.93. The van der Waals surface area contributed by atoms with Crippen LogP contribution < -0.4 is 0 Å². The molecule has 0 unspecified atom stereocenters. The number of halogens is 1. The molecule has 0 bridgehead atoms. The molecule has 0 saturated heterocycles. The van der Waals surface area contributed by atoms with E-state index in [9.17, 15) is 15.2 Å².